The van der Waals surface area contributed by atoms with Crippen LogP contribution < -0.4 is 4.74 Å². The number of fused-ring (bicyclic) bond motifs is 4. The third kappa shape index (κ3) is 3.15. The Balaban J connectivity index is 1.51. The molecular formula is C27H24Cl2N2O6S. The van der Waals surface area contributed by atoms with Gasteiger partial charge in [-0.1, -0.05) is 17.7 Å². The van der Waals surface area contributed by atoms with Crippen LogP contribution in [-0.2, 0) is 25.7 Å². The number of benzene rings is 1. The minimum Gasteiger partial charge on any atom is -0.508 e. The highest BCUT2D eigenvalue weighted by Gasteiger charge is 2.76. The summed E-state index contributed by atoms with van der Waals surface area (Å²) in [5.74, 6) is -4.72. The first-order valence-corrected chi connectivity index (χ1v) is 13.8. The van der Waals surface area contributed by atoms with Gasteiger partial charge in [-0.25, -0.2) is 0 Å². The largest absolute Gasteiger partial charge is 0.508 e. The van der Waals surface area contributed by atoms with Crippen molar-refractivity contribution >= 4 is 58.2 Å². The molecule has 11 heteroatoms. The average molecular weight is 575 g/mol. The first-order chi connectivity index (χ1) is 18.0. The van der Waals surface area contributed by atoms with Crippen molar-refractivity contribution in [1.29, 1.82) is 0 Å². The van der Waals surface area contributed by atoms with E-state index in [1.54, 1.807) is 12.1 Å². The van der Waals surface area contributed by atoms with Crippen molar-refractivity contribution in [1.82, 2.24) is 9.80 Å². The number of imide groups is 2. The van der Waals surface area contributed by atoms with E-state index in [-0.39, 0.29) is 42.5 Å². The van der Waals surface area contributed by atoms with Crippen LogP contribution in [0.25, 0.3) is 0 Å². The number of nitrogens with zero attached hydrogens (tertiary/aromatic N) is 2. The van der Waals surface area contributed by atoms with Crippen LogP contribution >= 0.6 is 34.5 Å². The molecular weight excluding hydrogens is 551 g/mol. The topological polar surface area (TPSA) is 104 Å². The summed E-state index contributed by atoms with van der Waals surface area (Å²) >= 11 is 15.7. The van der Waals surface area contributed by atoms with Gasteiger partial charge in [0.05, 0.1) is 25.5 Å². The lowest BCUT2D eigenvalue weighted by Crippen LogP contribution is -2.60. The Morgan fingerprint density at radius 1 is 1.11 bits per heavy atom. The Hall–Kier alpha value is -2.88. The number of alkyl halides is 2. The second-order valence-electron chi connectivity index (χ2n) is 10.3. The number of rotatable bonds is 4. The minimum absolute atomic E-state index is 0.0902. The number of aromatic hydroxyl groups is 1. The summed E-state index contributed by atoms with van der Waals surface area (Å²) in [6, 6.07) is 8.29. The van der Waals surface area contributed by atoms with Gasteiger partial charge in [-0.15, -0.1) is 34.5 Å². The summed E-state index contributed by atoms with van der Waals surface area (Å²) < 4.78 is 5.37. The van der Waals surface area contributed by atoms with Crippen molar-refractivity contribution < 1.29 is 29.0 Å². The summed E-state index contributed by atoms with van der Waals surface area (Å²) in [6.07, 6.45) is 2.02. The van der Waals surface area contributed by atoms with Crippen LogP contribution in [0.15, 0.2) is 47.4 Å². The molecule has 6 atom stereocenters. The van der Waals surface area contributed by atoms with Crippen molar-refractivity contribution in [2.75, 3.05) is 14.2 Å². The zero-order valence-corrected chi connectivity index (χ0v) is 22.8. The fourth-order valence-corrected chi connectivity index (χ4v) is 8.46. The van der Waals surface area contributed by atoms with Crippen molar-refractivity contribution in [2.24, 2.45) is 17.8 Å². The molecule has 0 unspecified atom stereocenters. The number of allylic oxidation sites excluding steroid dienone is 2. The number of hydrogen-bond donors (Lipinski definition) is 1. The van der Waals surface area contributed by atoms with Gasteiger partial charge in [0, 0.05) is 23.4 Å². The third-order valence-corrected chi connectivity index (χ3v) is 10.8. The number of halogens is 2. The van der Waals surface area contributed by atoms with Crippen LogP contribution in [-0.4, -0.2) is 62.4 Å². The zero-order valence-electron chi connectivity index (χ0n) is 20.5. The highest BCUT2D eigenvalue weighted by Crippen LogP contribution is 2.66. The summed E-state index contributed by atoms with van der Waals surface area (Å²) in [5.41, 5.74) is 0.888. The number of methoxy groups -OCH3 is 1. The first kappa shape index (κ1) is 25.4. The van der Waals surface area contributed by atoms with E-state index >= 15 is 0 Å². The van der Waals surface area contributed by atoms with E-state index in [1.165, 1.54) is 36.5 Å². The minimum atomic E-state index is -1.96. The predicted octanol–water partition coefficient (Wildman–Crippen LogP) is 3.65. The number of amides is 4. The van der Waals surface area contributed by atoms with E-state index in [0.29, 0.717) is 11.3 Å². The number of carbonyl (C=O) groups is 4. The highest BCUT2D eigenvalue weighted by atomic mass is 35.5. The molecule has 4 amide bonds. The lowest BCUT2D eigenvalue weighted by molar-refractivity contribution is -0.141. The first-order valence-electron chi connectivity index (χ1n) is 12.2. The van der Waals surface area contributed by atoms with Crippen molar-refractivity contribution in [3.05, 3.63) is 57.8 Å². The van der Waals surface area contributed by atoms with Crippen molar-refractivity contribution in [2.45, 2.75) is 35.1 Å². The standard InChI is InChI=1S/C27H24Cl2N2O6S/c1-30-24(35)26(28)11-18-15(21(27(26,29)25(30)36)17-10-13(37-2)5-8-19(17)32)6-7-16-20(18)23(34)31(22(16)33)12-14-4-3-9-38-14/h3-6,8-10,16,18,20-21,32H,7,11-12H2,1-2H3/t16-,18+,20-,21+,26+,27-/m0/s1. The van der Waals surface area contributed by atoms with E-state index < -0.39 is 45.2 Å². The molecule has 1 saturated carbocycles. The number of thiophene rings is 1. The van der Waals surface area contributed by atoms with Crippen LogP contribution in [0, 0.1) is 17.8 Å². The van der Waals surface area contributed by atoms with Gasteiger partial charge in [0.1, 0.15) is 11.5 Å². The Labute approximate surface area is 232 Å². The molecule has 38 heavy (non-hydrogen) atoms. The predicted molar refractivity (Wildman–Crippen MR) is 140 cm³/mol. The molecule has 2 aliphatic carbocycles. The molecule has 2 saturated heterocycles. The van der Waals surface area contributed by atoms with Crippen LogP contribution in [0.3, 0.4) is 0 Å². The number of phenols is 1. The van der Waals surface area contributed by atoms with Gasteiger partial charge in [-0.2, -0.15) is 0 Å². The van der Waals surface area contributed by atoms with Gasteiger partial charge in [-0.3, -0.25) is 29.0 Å². The maximum atomic E-state index is 13.8. The number of ether oxygens (including phenoxy) is 1. The molecule has 3 heterocycles. The molecule has 0 spiro atoms. The van der Waals surface area contributed by atoms with Gasteiger partial charge >= 0.3 is 0 Å². The lowest BCUT2D eigenvalue weighted by atomic mass is 9.56. The molecule has 6 rings (SSSR count). The number of carbonyl (C=O) groups excluding carboxylic acids is 4. The van der Waals surface area contributed by atoms with E-state index in [1.807, 2.05) is 23.6 Å². The molecule has 1 aromatic heterocycles. The van der Waals surface area contributed by atoms with Gasteiger partial charge in [-0.05, 0) is 48.4 Å². The number of hydrogen-bond acceptors (Lipinski definition) is 7. The van der Waals surface area contributed by atoms with Crippen LogP contribution in [0.4, 0.5) is 0 Å². The Kier molecular flexibility index (Phi) is 5.72. The van der Waals surface area contributed by atoms with Crippen LogP contribution in [0.1, 0.15) is 29.2 Å². The molecule has 198 valence electrons. The van der Waals surface area contributed by atoms with Gasteiger partial charge in [0.15, 0.2) is 9.75 Å². The monoisotopic (exact) mass is 574 g/mol. The van der Waals surface area contributed by atoms with Crippen molar-refractivity contribution in [3.63, 3.8) is 0 Å². The van der Waals surface area contributed by atoms with Crippen LogP contribution in [0.5, 0.6) is 11.5 Å². The zero-order chi connectivity index (χ0) is 27.1. The summed E-state index contributed by atoms with van der Waals surface area (Å²) in [6.45, 7) is 0.177. The normalized spacial score (nSPS) is 34.3. The summed E-state index contributed by atoms with van der Waals surface area (Å²) in [4.78, 5) is 53.5. The Morgan fingerprint density at radius 2 is 1.87 bits per heavy atom. The van der Waals surface area contributed by atoms with E-state index in [0.717, 1.165) is 9.78 Å². The fourth-order valence-electron chi connectivity index (χ4n) is 6.76. The molecule has 1 aromatic carbocycles. The van der Waals surface area contributed by atoms with Crippen LogP contribution in [0.2, 0.25) is 0 Å². The van der Waals surface area contributed by atoms with Crippen molar-refractivity contribution in [3.8, 4) is 11.5 Å². The molecule has 3 fully saturated rings. The van der Waals surface area contributed by atoms with Gasteiger partial charge in [0.2, 0.25) is 11.8 Å². The second-order valence-corrected chi connectivity index (χ2v) is 12.5. The summed E-state index contributed by atoms with van der Waals surface area (Å²) in [7, 11) is 2.79. The molecule has 2 aliphatic heterocycles. The molecule has 0 bridgehead atoms. The maximum Gasteiger partial charge on any atom is 0.253 e. The molecule has 2 aromatic rings. The molecule has 0 radical (unpaired) electrons. The maximum absolute atomic E-state index is 13.8. The van der Waals surface area contributed by atoms with Gasteiger partial charge < -0.3 is 9.84 Å². The number of likely N-dealkylation sites (tertiary alicyclic amines) is 2. The third-order valence-electron chi connectivity index (χ3n) is 8.55. The SMILES string of the molecule is COc1ccc(O)c([C@H]2C3=CC[C@@H]4C(=O)N(Cc5cccs5)C(=O)[C@@H]4[C@@H]3C[C@@]3(Cl)C(=O)N(C)C(=O)[C@@]23Cl)c1. The number of phenolic OH excluding ortho intramolecular Hbond substituents is 1. The second kappa shape index (κ2) is 8.56. The molecule has 4 aliphatic rings. The van der Waals surface area contributed by atoms with E-state index in [4.69, 9.17) is 27.9 Å². The fraction of sp³-hybridized carbons (Fsp3) is 0.407. The lowest BCUT2D eigenvalue weighted by Gasteiger charge is -2.50. The van der Waals surface area contributed by atoms with E-state index in [9.17, 15) is 24.3 Å². The quantitative estimate of drug-likeness (QED) is 0.339. The Bertz CT molecular complexity index is 1430. The van der Waals surface area contributed by atoms with Gasteiger partial charge in [0.25, 0.3) is 11.8 Å². The smallest absolute Gasteiger partial charge is 0.253 e. The average Bonchev–Trinajstić information content (AvgIpc) is 3.54. The van der Waals surface area contributed by atoms with E-state index in [2.05, 4.69) is 0 Å². The molecule has 1 N–H and O–H groups in total. The Morgan fingerprint density at radius 3 is 2.55 bits per heavy atom. The molecule has 8 nitrogen and oxygen atoms in total. The summed E-state index contributed by atoms with van der Waals surface area (Å²) in [5, 5.41) is 12.8. The highest BCUT2D eigenvalue weighted by molar-refractivity contribution is 7.09.